The molecule has 0 saturated carbocycles. The summed E-state index contributed by atoms with van der Waals surface area (Å²) in [6, 6.07) is 6.61. The van der Waals surface area contributed by atoms with Gasteiger partial charge in [-0.15, -0.1) is 12.4 Å². The molecule has 4 nitrogen and oxygen atoms in total. The Hall–Kier alpha value is -1.59. The van der Waals surface area contributed by atoms with E-state index in [0.717, 1.165) is 31.6 Å². The molecular weight excluding hydrogens is 281 g/mol. The van der Waals surface area contributed by atoms with Crippen LogP contribution in [0.15, 0.2) is 29.1 Å². The second-order valence-corrected chi connectivity index (χ2v) is 4.98. The number of nitrogens with zero attached hydrogens (tertiary/aromatic N) is 2. The van der Waals surface area contributed by atoms with Gasteiger partial charge in [-0.3, -0.25) is 4.79 Å². The fourth-order valence-electron chi connectivity index (χ4n) is 2.47. The third kappa shape index (κ3) is 2.64. The zero-order valence-electron chi connectivity index (χ0n) is 11.2. The zero-order chi connectivity index (χ0) is 13.4. The van der Waals surface area contributed by atoms with Gasteiger partial charge in [0, 0.05) is 31.6 Å². The Bertz CT molecular complexity index is 665. The topological polar surface area (TPSA) is 39.3 Å². The molecule has 0 unspecified atom stereocenters. The van der Waals surface area contributed by atoms with Gasteiger partial charge in [-0.05, 0) is 19.2 Å². The Morgan fingerprint density at radius 1 is 1.20 bits per heavy atom. The minimum Gasteiger partial charge on any atom is -0.365 e. The lowest BCUT2D eigenvalue weighted by molar-refractivity contribution is 0.312. The summed E-state index contributed by atoms with van der Waals surface area (Å²) in [6.45, 7) is 3.50. The van der Waals surface area contributed by atoms with E-state index in [1.807, 2.05) is 6.07 Å². The Morgan fingerprint density at radius 3 is 2.60 bits per heavy atom. The van der Waals surface area contributed by atoms with E-state index in [0.29, 0.717) is 5.69 Å². The highest BCUT2D eigenvalue weighted by molar-refractivity contribution is 5.85. The Labute approximate surface area is 122 Å². The maximum Gasteiger partial charge on any atom is 0.272 e. The van der Waals surface area contributed by atoms with Gasteiger partial charge in [0.2, 0.25) is 0 Å². The number of nitrogens with one attached hydrogen (secondary N) is 1. The fraction of sp³-hybridized carbons (Fsp3) is 0.357. The Balaban J connectivity index is 0.00000147. The molecular formula is C14H17ClFN3O. The number of pyridine rings is 1. The number of piperazine rings is 1. The van der Waals surface area contributed by atoms with Gasteiger partial charge in [-0.2, -0.15) is 0 Å². The first-order valence-corrected chi connectivity index (χ1v) is 6.40. The number of aromatic nitrogens is 1. The molecule has 1 aromatic heterocycles. The molecule has 6 heteroatoms. The van der Waals surface area contributed by atoms with Crippen LogP contribution >= 0.6 is 12.4 Å². The first-order chi connectivity index (χ1) is 9.15. The van der Waals surface area contributed by atoms with E-state index in [4.69, 9.17) is 0 Å². The van der Waals surface area contributed by atoms with Crippen molar-refractivity contribution >= 4 is 29.0 Å². The summed E-state index contributed by atoms with van der Waals surface area (Å²) in [5.41, 5.74) is 0.693. The van der Waals surface area contributed by atoms with E-state index in [-0.39, 0.29) is 29.3 Å². The van der Waals surface area contributed by atoms with Crippen LogP contribution < -0.4 is 10.5 Å². The van der Waals surface area contributed by atoms with Crippen LogP contribution in [0.5, 0.6) is 0 Å². The van der Waals surface area contributed by atoms with Gasteiger partial charge in [-0.1, -0.05) is 12.1 Å². The van der Waals surface area contributed by atoms with E-state index in [1.165, 1.54) is 6.07 Å². The maximum atomic E-state index is 13.6. The SMILES string of the molecule is CN1CCN(c2cc3cccc(F)c3[nH]c2=O)CC1.Cl. The number of halogens is 2. The molecule has 20 heavy (non-hydrogen) atoms. The Morgan fingerprint density at radius 2 is 1.90 bits per heavy atom. The second-order valence-electron chi connectivity index (χ2n) is 4.98. The van der Waals surface area contributed by atoms with Crippen LogP contribution in [0.1, 0.15) is 0 Å². The van der Waals surface area contributed by atoms with Crippen LogP contribution in [-0.4, -0.2) is 43.1 Å². The molecule has 1 aliphatic heterocycles. The van der Waals surface area contributed by atoms with Crippen molar-refractivity contribution in [3.63, 3.8) is 0 Å². The van der Waals surface area contributed by atoms with Crippen LogP contribution in [0, 0.1) is 5.82 Å². The van der Waals surface area contributed by atoms with Gasteiger partial charge >= 0.3 is 0 Å². The number of H-pyrrole nitrogens is 1. The fourth-order valence-corrected chi connectivity index (χ4v) is 2.47. The lowest BCUT2D eigenvalue weighted by Crippen LogP contribution is -2.46. The molecule has 1 fully saturated rings. The van der Waals surface area contributed by atoms with Crippen molar-refractivity contribution < 1.29 is 4.39 Å². The lowest BCUT2D eigenvalue weighted by atomic mass is 10.2. The molecule has 0 aliphatic carbocycles. The largest absolute Gasteiger partial charge is 0.365 e. The number of aromatic amines is 1. The van der Waals surface area contributed by atoms with Crippen LogP contribution in [-0.2, 0) is 0 Å². The predicted octanol–water partition coefficient (Wildman–Crippen LogP) is 1.84. The van der Waals surface area contributed by atoms with Crippen LogP contribution in [0.2, 0.25) is 0 Å². The molecule has 0 spiro atoms. The zero-order valence-corrected chi connectivity index (χ0v) is 12.0. The third-order valence-corrected chi connectivity index (χ3v) is 3.65. The van der Waals surface area contributed by atoms with Crippen molar-refractivity contribution in [2.24, 2.45) is 0 Å². The number of rotatable bonds is 1. The molecule has 0 bridgehead atoms. The number of hydrogen-bond donors (Lipinski definition) is 1. The Kier molecular flexibility index (Phi) is 4.30. The molecule has 1 aromatic carbocycles. The minimum absolute atomic E-state index is 0. The summed E-state index contributed by atoms with van der Waals surface area (Å²) >= 11 is 0. The van der Waals surface area contributed by atoms with E-state index >= 15 is 0 Å². The molecule has 2 heterocycles. The summed E-state index contributed by atoms with van der Waals surface area (Å²) in [5.74, 6) is -0.389. The number of anilines is 1. The van der Waals surface area contributed by atoms with Gasteiger partial charge < -0.3 is 14.8 Å². The molecule has 1 aliphatic rings. The quantitative estimate of drug-likeness (QED) is 0.873. The lowest BCUT2D eigenvalue weighted by Gasteiger charge is -2.33. The van der Waals surface area contributed by atoms with E-state index in [9.17, 15) is 9.18 Å². The van der Waals surface area contributed by atoms with Crippen LogP contribution in [0.3, 0.4) is 0 Å². The first kappa shape index (κ1) is 14.8. The summed E-state index contributed by atoms with van der Waals surface area (Å²) in [7, 11) is 2.07. The molecule has 2 aromatic rings. The molecule has 0 atom stereocenters. The molecule has 1 saturated heterocycles. The summed E-state index contributed by atoms with van der Waals surface area (Å²) in [5, 5.41) is 0.730. The monoisotopic (exact) mass is 297 g/mol. The average molecular weight is 298 g/mol. The number of likely N-dealkylation sites (N-methyl/N-ethyl adjacent to an activating group) is 1. The highest BCUT2D eigenvalue weighted by Gasteiger charge is 2.17. The molecule has 1 N–H and O–H groups in total. The van der Waals surface area contributed by atoms with Crippen molar-refractivity contribution in [2.45, 2.75) is 0 Å². The van der Waals surface area contributed by atoms with Crippen LogP contribution in [0.4, 0.5) is 10.1 Å². The predicted molar refractivity (Wildman–Crippen MR) is 81.5 cm³/mol. The third-order valence-electron chi connectivity index (χ3n) is 3.65. The average Bonchev–Trinajstić information content (AvgIpc) is 2.40. The second kappa shape index (κ2) is 5.81. The van der Waals surface area contributed by atoms with Crippen molar-refractivity contribution in [3.8, 4) is 0 Å². The van der Waals surface area contributed by atoms with Gasteiger partial charge in [0.1, 0.15) is 11.5 Å². The maximum absolute atomic E-state index is 13.6. The number of fused-ring (bicyclic) bond motifs is 1. The molecule has 108 valence electrons. The molecule has 0 amide bonds. The highest BCUT2D eigenvalue weighted by Crippen LogP contribution is 2.19. The van der Waals surface area contributed by atoms with E-state index in [1.54, 1.807) is 12.1 Å². The highest BCUT2D eigenvalue weighted by atomic mass is 35.5. The number of para-hydroxylation sites is 1. The summed E-state index contributed by atoms with van der Waals surface area (Å²) in [4.78, 5) is 19.0. The molecule has 0 radical (unpaired) electrons. The summed E-state index contributed by atoms with van der Waals surface area (Å²) < 4.78 is 13.6. The van der Waals surface area contributed by atoms with Crippen molar-refractivity contribution in [3.05, 3.63) is 40.4 Å². The number of hydrogen-bond acceptors (Lipinski definition) is 3. The first-order valence-electron chi connectivity index (χ1n) is 6.40. The van der Waals surface area contributed by atoms with Crippen molar-refractivity contribution in [2.75, 3.05) is 38.1 Å². The van der Waals surface area contributed by atoms with Gasteiger partial charge in [0.25, 0.3) is 5.56 Å². The van der Waals surface area contributed by atoms with Gasteiger partial charge in [0.15, 0.2) is 0 Å². The van der Waals surface area contributed by atoms with E-state index < -0.39 is 0 Å². The minimum atomic E-state index is -0.389. The van der Waals surface area contributed by atoms with Gasteiger partial charge in [0.05, 0.1) is 5.52 Å². The summed E-state index contributed by atoms with van der Waals surface area (Å²) in [6.07, 6.45) is 0. The standard InChI is InChI=1S/C14H16FN3O.ClH/c1-17-5-7-18(8-6-17)12-9-10-3-2-4-11(15)13(10)16-14(12)19;/h2-4,9H,5-8H2,1H3,(H,16,19);1H. The normalized spacial score (nSPS) is 16.2. The van der Waals surface area contributed by atoms with Crippen molar-refractivity contribution in [1.29, 1.82) is 0 Å². The molecule has 3 rings (SSSR count). The number of benzene rings is 1. The van der Waals surface area contributed by atoms with Gasteiger partial charge in [-0.25, -0.2) is 4.39 Å². The van der Waals surface area contributed by atoms with Crippen LogP contribution in [0.25, 0.3) is 10.9 Å². The van der Waals surface area contributed by atoms with E-state index in [2.05, 4.69) is 21.8 Å². The van der Waals surface area contributed by atoms with Crippen molar-refractivity contribution in [1.82, 2.24) is 9.88 Å². The smallest absolute Gasteiger partial charge is 0.272 e.